The van der Waals surface area contributed by atoms with Gasteiger partial charge in [0.25, 0.3) is 5.91 Å². The van der Waals surface area contributed by atoms with Crippen molar-refractivity contribution >= 4 is 33.2 Å². The van der Waals surface area contributed by atoms with Crippen molar-refractivity contribution in [1.82, 2.24) is 4.98 Å². The van der Waals surface area contributed by atoms with E-state index in [1.807, 2.05) is 32.0 Å². The highest BCUT2D eigenvalue weighted by Gasteiger charge is 2.11. The molecule has 20 heavy (non-hydrogen) atoms. The Bertz CT molecular complexity index is 596. The first-order valence-electron chi connectivity index (χ1n) is 6.34. The van der Waals surface area contributed by atoms with Gasteiger partial charge in [0.15, 0.2) is 0 Å². The Kier molecular flexibility index (Phi) is 4.74. The number of amides is 1. The summed E-state index contributed by atoms with van der Waals surface area (Å²) in [6.07, 6.45) is 1.61. The van der Waals surface area contributed by atoms with E-state index in [2.05, 4.69) is 31.5 Å². The Hall–Kier alpha value is -1.88. The van der Waals surface area contributed by atoms with E-state index >= 15 is 0 Å². The second kappa shape index (κ2) is 6.52. The molecule has 0 spiro atoms. The summed E-state index contributed by atoms with van der Waals surface area (Å²) < 4.78 is 0.734. The molecule has 1 amide bonds. The zero-order chi connectivity index (χ0) is 14.5. The maximum Gasteiger partial charge on any atom is 0.257 e. The average molecular weight is 334 g/mol. The number of carbonyl (C=O) groups excluding carboxylic acids is 1. The molecule has 1 aromatic heterocycles. The SMILES string of the molecule is CC(C)Nc1ccccc1C(=O)Nc1ccc(Br)nc1. The Morgan fingerprint density at radius 2 is 1.95 bits per heavy atom. The highest BCUT2D eigenvalue weighted by atomic mass is 79.9. The predicted octanol–water partition coefficient (Wildman–Crippen LogP) is 3.92. The molecule has 2 N–H and O–H groups in total. The number of hydrogen-bond donors (Lipinski definition) is 2. The van der Waals surface area contributed by atoms with E-state index in [9.17, 15) is 4.79 Å². The number of rotatable bonds is 4. The third-order valence-electron chi connectivity index (χ3n) is 2.60. The lowest BCUT2D eigenvalue weighted by Crippen LogP contribution is -2.17. The number of anilines is 2. The first kappa shape index (κ1) is 14.5. The van der Waals surface area contributed by atoms with Gasteiger partial charge in [-0.2, -0.15) is 0 Å². The number of aromatic nitrogens is 1. The van der Waals surface area contributed by atoms with Crippen LogP contribution in [0.25, 0.3) is 0 Å². The van der Waals surface area contributed by atoms with Gasteiger partial charge in [-0.1, -0.05) is 12.1 Å². The molecule has 0 radical (unpaired) electrons. The summed E-state index contributed by atoms with van der Waals surface area (Å²) in [7, 11) is 0. The number of para-hydroxylation sites is 1. The van der Waals surface area contributed by atoms with Crippen molar-refractivity contribution in [1.29, 1.82) is 0 Å². The predicted molar refractivity (Wildman–Crippen MR) is 85.1 cm³/mol. The van der Waals surface area contributed by atoms with Gasteiger partial charge in [-0.15, -0.1) is 0 Å². The molecule has 104 valence electrons. The van der Waals surface area contributed by atoms with Crippen molar-refractivity contribution in [3.05, 3.63) is 52.8 Å². The fraction of sp³-hybridized carbons (Fsp3) is 0.200. The number of nitrogens with zero attached hydrogens (tertiary/aromatic N) is 1. The van der Waals surface area contributed by atoms with Crippen LogP contribution in [0.5, 0.6) is 0 Å². The molecule has 0 saturated heterocycles. The second-order valence-electron chi connectivity index (χ2n) is 4.67. The Balaban J connectivity index is 2.18. The smallest absolute Gasteiger partial charge is 0.257 e. The Morgan fingerprint density at radius 1 is 1.20 bits per heavy atom. The molecule has 4 nitrogen and oxygen atoms in total. The average Bonchev–Trinajstić information content (AvgIpc) is 2.41. The zero-order valence-electron chi connectivity index (χ0n) is 11.4. The fourth-order valence-corrected chi connectivity index (χ4v) is 2.00. The quantitative estimate of drug-likeness (QED) is 0.834. The Labute approximate surface area is 126 Å². The molecule has 0 bridgehead atoms. The molecule has 2 rings (SSSR count). The zero-order valence-corrected chi connectivity index (χ0v) is 12.9. The minimum atomic E-state index is -0.155. The van der Waals surface area contributed by atoms with Gasteiger partial charge in [0.1, 0.15) is 4.60 Å². The standard InChI is InChI=1S/C15H16BrN3O/c1-10(2)18-13-6-4-3-5-12(13)15(20)19-11-7-8-14(16)17-9-11/h3-10,18H,1-2H3,(H,19,20). The monoisotopic (exact) mass is 333 g/mol. The molecule has 0 aliphatic carbocycles. The normalized spacial score (nSPS) is 10.4. The molecule has 2 aromatic rings. The molecular formula is C15H16BrN3O. The number of hydrogen-bond acceptors (Lipinski definition) is 3. The summed E-state index contributed by atoms with van der Waals surface area (Å²) in [5.41, 5.74) is 2.10. The molecule has 0 saturated carbocycles. The maximum absolute atomic E-state index is 12.3. The van der Waals surface area contributed by atoms with Crippen molar-refractivity contribution < 1.29 is 4.79 Å². The van der Waals surface area contributed by atoms with Crippen LogP contribution in [0, 0.1) is 0 Å². The van der Waals surface area contributed by atoms with Gasteiger partial charge in [-0.25, -0.2) is 4.98 Å². The van der Waals surface area contributed by atoms with Crippen molar-refractivity contribution in [2.24, 2.45) is 0 Å². The minimum absolute atomic E-state index is 0.155. The van der Waals surface area contributed by atoms with Crippen LogP contribution in [-0.4, -0.2) is 16.9 Å². The summed E-state index contributed by atoms with van der Waals surface area (Å²) >= 11 is 3.26. The van der Waals surface area contributed by atoms with Crippen LogP contribution in [0.2, 0.25) is 0 Å². The van der Waals surface area contributed by atoms with Gasteiger partial charge in [-0.05, 0) is 54.0 Å². The van der Waals surface area contributed by atoms with Crippen LogP contribution in [0.4, 0.5) is 11.4 Å². The number of pyridine rings is 1. The second-order valence-corrected chi connectivity index (χ2v) is 5.48. The van der Waals surface area contributed by atoms with Gasteiger partial charge in [0.2, 0.25) is 0 Å². The van der Waals surface area contributed by atoms with Gasteiger partial charge >= 0.3 is 0 Å². The largest absolute Gasteiger partial charge is 0.382 e. The maximum atomic E-state index is 12.3. The molecule has 1 aromatic carbocycles. The lowest BCUT2D eigenvalue weighted by atomic mass is 10.1. The Morgan fingerprint density at radius 3 is 2.60 bits per heavy atom. The first-order chi connectivity index (χ1) is 9.56. The highest BCUT2D eigenvalue weighted by molar-refractivity contribution is 9.10. The number of carbonyl (C=O) groups is 1. The van der Waals surface area contributed by atoms with Gasteiger partial charge in [0, 0.05) is 11.7 Å². The van der Waals surface area contributed by atoms with E-state index in [1.165, 1.54) is 0 Å². The first-order valence-corrected chi connectivity index (χ1v) is 7.14. The van der Waals surface area contributed by atoms with Crippen molar-refractivity contribution in [2.45, 2.75) is 19.9 Å². The van der Waals surface area contributed by atoms with E-state index in [1.54, 1.807) is 24.4 Å². The summed E-state index contributed by atoms with van der Waals surface area (Å²) in [5, 5.41) is 6.10. The molecule has 0 fully saturated rings. The van der Waals surface area contributed by atoms with Crippen molar-refractivity contribution in [2.75, 3.05) is 10.6 Å². The van der Waals surface area contributed by atoms with Gasteiger partial charge in [-0.3, -0.25) is 4.79 Å². The highest BCUT2D eigenvalue weighted by Crippen LogP contribution is 2.18. The fourth-order valence-electron chi connectivity index (χ4n) is 1.77. The summed E-state index contributed by atoms with van der Waals surface area (Å²) in [6.45, 7) is 4.07. The lowest BCUT2D eigenvalue weighted by Gasteiger charge is -2.14. The van der Waals surface area contributed by atoms with Crippen LogP contribution >= 0.6 is 15.9 Å². The van der Waals surface area contributed by atoms with E-state index in [0.29, 0.717) is 11.3 Å². The molecule has 0 aliphatic rings. The summed E-state index contributed by atoms with van der Waals surface area (Å²) in [6, 6.07) is 11.3. The van der Waals surface area contributed by atoms with Gasteiger partial charge in [0.05, 0.1) is 17.4 Å². The topological polar surface area (TPSA) is 54.0 Å². The lowest BCUT2D eigenvalue weighted by molar-refractivity contribution is 0.102. The molecule has 5 heteroatoms. The van der Waals surface area contributed by atoms with E-state index in [4.69, 9.17) is 0 Å². The van der Waals surface area contributed by atoms with Gasteiger partial charge < -0.3 is 10.6 Å². The van der Waals surface area contributed by atoms with E-state index in [-0.39, 0.29) is 11.9 Å². The number of halogens is 1. The minimum Gasteiger partial charge on any atom is -0.382 e. The summed E-state index contributed by atoms with van der Waals surface area (Å²) in [5.74, 6) is -0.155. The third kappa shape index (κ3) is 3.81. The third-order valence-corrected chi connectivity index (χ3v) is 3.07. The van der Waals surface area contributed by atoms with Crippen LogP contribution < -0.4 is 10.6 Å². The van der Waals surface area contributed by atoms with Crippen LogP contribution in [0.1, 0.15) is 24.2 Å². The molecule has 0 aliphatic heterocycles. The summed E-state index contributed by atoms with van der Waals surface area (Å²) in [4.78, 5) is 16.4. The number of nitrogens with one attached hydrogen (secondary N) is 2. The van der Waals surface area contributed by atoms with Crippen LogP contribution in [0.3, 0.4) is 0 Å². The van der Waals surface area contributed by atoms with E-state index < -0.39 is 0 Å². The van der Waals surface area contributed by atoms with E-state index in [0.717, 1.165) is 10.3 Å². The molecule has 0 atom stereocenters. The molecule has 1 heterocycles. The van der Waals surface area contributed by atoms with Crippen molar-refractivity contribution in [3.8, 4) is 0 Å². The van der Waals surface area contributed by atoms with Crippen LogP contribution in [0.15, 0.2) is 47.2 Å². The molecule has 0 unspecified atom stereocenters. The van der Waals surface area contributed by atoms with Crippen molar-refractivity contribution in [3.63, 3.8) is 0 Å². The number of benzene rings is 1. The van der Waals surface area contributed by atoms with Crippen LogP contribution in [-0.2, 0) is 0 Å². The molecular weight excluding hydrogens is 318 g/mol.